The molecule has 0 radical (unpaired) electrons. The van der Waals surface area contributed by atoms with Crippen molar-refractivity contribution in [3.63, 3.8) is 0 Å². The molecular formula is C81H52F2N6. The fraction of sp³-hybridized carbons (Fsp3) is 0.0123. The van der Waals surface area contributed by atoms with Crippen LogP contribution in [0.15, 0.2) is 297 Å². The Labute approximate surface area is 512 Å². The molecule has 0 saturated heterocycles. The van der Waals surface area contributed by atoms with Gasteiger partial charge in [-0.25, -0.2) is 28.7 Å². The first-order valence-electron chi connectivity index (χ1n) is 29.7. The Hall–Kier alpha value is -11.7. The van der Waals surface area contributed by atoms with E-state index in [1.807, 2.05) is 127 Å². The van der Waals surface area contributed by atoms with Crippen molar-refractivity contribution in [3.05, 3.63) is 314 Å². The monoisotopic (exact) mass is 1150 g/mol. The Morgan fingerprint density at radius 2 is 0.539 bits per heavy atom. The van der Waals surface area contributed by atoms with Crippen LogP contribution in [0.4, 0.5) is 8.78 Å². The van der Waals surface area contributed by atoms with Gasteiger partial charge in [-0.1, -0.05) is 200 Å². The highest BCUT2D eigenvalue weighted by molar-refractivity contribution is 6.13. The van der Waals surface area contributed by atoms with Crippen molar-refractivity contribution in [3.8, 4) is 113 Å². The number of aromatic nitrogens is 6. The number of fused-ring (bicyclic) bond motifs is 6. The fourth-order valence-corrected chi connectivity index (χ4v) is 12.8. The van der Waals surface area contributed by atoms with Crippen LogP contribution in [0.1, 0.15) is 5.56 Å². The fourth-order valence-electron chi connectivity index (χ4n) is 12.8. The molecule has 0 aliphatic carbocycles. The Balaban J connectivity index is 0.985. The number of pyridine rings is 4. The summed E-state index contributed by atoms with van der Waals surface area (Å²) in [5, 5.41) is 4.06. The van der Waals surface area contributed by atoms with E-state index in [2.05, 4.69) is 168 Å². The summed E-state index contributed by atoms with van der Waals surface area (Å²) in [5.41, 5.74) is 21.7. The lowest BCUT2D eigenvalue weighted by Crippen LogP contribution is -2.06. The van der Waals surface area contributed by atoms with Crippen LogP contribution in [0.3, 0.4) is 0 Å². The van der Waals surface area contributed by atoms with Gasteiger partial charge in [0.1, 0.15) is 11.6 Å². The van der Waals surface area contributed by atoms with Crippen LogP contribution in [-0.2, 0) is 0 Å². The zero-order chi connectivity index (χ0) is 59.5. The molecule has 6 nitrogen and oxygen atoms in total. The van der Waals surface area contributed by atoms with Gasteiger partial charge in [0.2, 0.25) is 0 Å². The number of hydrogen-bond acceptors (Lipinski definition) is 4. The van der Waals surface area contributed by atoms with Gasteiger partial charge in [-0.2, -0.15) is 0 Å². The van der Waals surface area contributed by atoms with Gasteiger partial charge in [0.05, 0.1) is 79.0 Å². The van der Waals surface area contributed by atoms with Gasteiger partial charge in [-0.05, 0) is 109 Å². The van der Waals surface area contributed by atoms with Crippen LogP contribution in [-0.4, -0.2) is 29.1 Å². The third kappa shape index (κ3) is 9.60. The number of halogens is 2. The van der Waals surface area contributed by atoms with Gasteiger partial charge in [-0.15, -0.1) is 0 Å². The molecule has 0 spiro atoms. The minimum atomic E-state index is -0.675. The molecular weight excluding hydrogens is 1090 g/mol. The molecule has 0 amide bonds. The summed E-state index contributed by atoms with van der Waals surface area (Å²) in [6.07, 6.45) is 0. The second-order valence-electron chi connectivity index (χ2n) is 22.5. The van der Waals surface area contributed by atoms with E-state index in [0.717, 1.165) is 157 Å². The Kier molecular flexibility index (Phi) is 13.0. The molecule has 0 fully saturated rings. The molecule has 0 saturated carbocycles. The van der Waals surface area contributed by atoms with Crippen molar-refractivity contribution < 1.29 is 8.78 Å². The predicted octanol–water partition coefficient (Wildman–Crippen LogP) is 21.1. The van der Waals surface area contributed by atoms with E-state index in [9.17, 15) is 0 Å². The van der Waals surface area contributed by atoms with E-state index < -0.39 is 11.6 Å². The number of nitrogens with zero attached hydrogens (tertiary/aromatic N) is 6. The number of hydrogen-bond donors (Lipinski definition) is 0. The first kappa shape index (κ1) is 52.8. The SMILES string of the molecule is Cc1c(-n2c3cc(-c4cccc(-c5ccccc5)n4)ccc3c3ccc(-c4cccc(-c5ccccc5)n4)cc32)ccc(-c2cc(F)cc(F)c2)c1-n1c2cc(-c3cccc(-c4ccccc4)n3)ccc2c2ccc(-c3cccc(-c4ccccc4)n3)cc21. The van der Waals surface area contributed by atoms with Gasteiger partial charge in [-0.3, -0.25) is 0 Å². The Morgan fingerprint density at radius 3 is 0.854 bits per heavy atom. The quantitative estimate of drug-likeness (QED) is 0.129. The zero-order valence-corrected chi connectivity index (χ0v) is 48.2. The third-order valence-corrected chi connectivity index (χ3v) is 17.0. The lowest BCUT2D eigenvalue weighted by atomic mass is 9.97. The van der Waals surface area contributed by atoms with Gasteiger partial charge < -0.3 is 9.13 Å². The van der Waals surface area contributed by atoms with Crippen LogP contribution >= 0.6 is 0 Å². The van der Waals surface area contributed by atoms with Crippen molar-refractivity contribution in [2.24, 2.45) is 0 Å². The molecule has 420 valence electrons. The molecule has 10 aromatic carbocycles. The van der Waals surface area contributed by atoms with Crippen molar-refractivity contribution >= 4 is 43.6 Å². The molecule has 0 aliphatic heterocycles. The van der Waals surface area contributed by atoms with Crippen molar-refractivity contribution in [1.29, 1.82) is 0 Å². The van der Waals surface area contributed by atoms with Crippen molar-refractivity contribution in [2.75, 3.05) is 0 Å². The third-order valence-electron chi connectivity index (χ3n) is 17.0. The highest BCUT2D eigenvalue weighted by Crippen LogP contribution is 2.45. The summed E-state index contributed by atoms with van der Waals surface area (Å²) < 4.78 is 36.6. The molecule has 6 aromatic heterocycles. The van der Waals surface area contributed by atoms with Crippen LogP contribution in [0.5, 0.6) is 0 Å². The molecule has 16 aromatic rings. The summed E-state index contributed by atoms with van der Waals surface area (Å²) in [7, 11) is 0. The molecule has 89 heavy (non-hydrogen) atoms. The maximum Gasteiger partial charge on any atom is 0.126 e. The van der Waals surface area contributed by atoms with Gasteiger partial charge in [0, 0.05) is 77.7 Å². The van der Waals surface area contributed by atoms with Gasteiger partial charge in [0.25, 0.3) is 0 Å². The van der Waals surface area contributed by atoms with E-state index in [-0.39, 0.29) is 0 Å². The van der Waals surface area contributed by atoms with Crippen LogP contribution in [0, 0.1) is 18.6 Å². The normalized spacial score (nSPS) is 11.5. The van der Waals surface area contributed by atoms with Crippen molar-refractivity contribution in [2.45, 2.75) is 6.92 Å². The van der Waals surface area contributed by atoms with E-state index in [1.54, 1.807) is 0 Å². The molecule has 0 atom stereocenters. The van der Waals surface area contributed by atoms with Crippen molar-refractivity contribution in [1.82, 2.24) is 29.1 Å². The summed E-state index contributed by atoms with van der Waals surface area (Å²) >= 11 is 0. The predicted molar refractivity (Wildman–Crippen MR) is 360 cm³/mol. The standard InChI is InChI=1S/C81H52F2N6/c1-51-76(88-77-46-56(72-30-14-26-68(84-72)52-18-6-2-7-19-52)34-38-64(77)65-39-35-57(47-78(65)88)73-31-15-27-69(85-73)53-20-8-3-9-21-53)43-42-63(60-44-61(82)50-62(83)45-60)81(51)89-79-48-58(74-32-16-28-70(86-74)54-22-10-4-11-23-54)36-40-66(79)67-41-37-59(49-80(67)89)75-33-17-29-71(87-75)55-24-12-5-13-25-55/h2-50H,1H3. The molecule has 0 unspecified atom stereocenters. The first-order valence-corrected chi connectivity index (χ1v) is 29.7. The average Bonchev–Trinajstić information content (AvgIpc) is 1.66. The first-order chi connectivity index (χ1) is 43.8. The highest BCUT2D eigenvalue weighted by atomic mass is 19.1. The van der Waals surface area contributed by atoms with E-state index in [0.29, 0.717) is 11.1 Å². The summed E-state index contributed by atoms with van der Waals surface area (Å²) in [6, 6.07) is 99.6. The summed E-state index contributed by atoms with van der Waals surface area (Å²) in [6.45, 7) is 2.13. The lowest BCUT2D eigenvalue weighted by molar-refractivity contribution is 0.584. The second kappa shape index (κ2) is 22.0. The topological polar surface area (TPSA) is 61.4 Å². The number of benzene rings is 10. The molecule has 16 rings (SSSR count). The second-order valence-corrected chi connectivity index (χ2v) is 22.5. The van der Waals surface area contributed by atoms with Crippen LogP contribution < -0.4 is 0 Å². The maximum atomic E-state index is 16.0. The highest BCUT2D eigenvalue weighted by Gasteiger charge is 2.25. The Morgan fingerprint density at radius 1 is 0.247 bits per heavy atom. The van der Waals surface area contributed by atoms with Crippen LogP contribution in [0.25, 0.3) is 156 Å². The average molecular weight is 1150 g/mol. The minimum absolute atomic E-state index is 0.393. The molecule has 8 heteroatoms. The molecule has 0 bridgehead atoms. The molecule has 6 heterocycles. The summed E-state index contributed by atoms with van der Waals surface area (Å²) in [5.74, 6) is -1.35. The Bertz CT molecular complexity index is 5110. The lowest BCUT2D eigenvalue weighted by Gasteiger charge is -2.22. The minimum Gasteiger partial charge on any atom is -0.309 e. The number of rotatable bonds is 11. The smallest absolute Gasteiger partial charge is 0.126 e. The molecule has 0 aliphatic rings. The van der Waals surface area contributed by atoms with Crippen LogP contribution in [0.2, 0.25) is 0 Å². The van der Waals surface area contributed by atoms with Gasteiger partial charge in [0.15, 0.2) is 0 Å². The zero-order valence-electron chi connectivity index (χ0n) is 48.2. The molecule has 0 N–H and O–H groups in total. The van der Waals surface area contributed by atoms with Gasteiger partial charge >= 0.3 is 0 Å². The van der Waals surface area contributed by atoms with E-state index in [4.69, 9.17) is 19.9 Å². The van der Waals surface area contributed by atoms with E-state index >= 15 is 8.78 Å². The maximum absolute atomic E-state index is 16.0. The summed E-state index contributed by atoms with van der Waals surface area (Å²) in [4.78, 5) is 21.0. The largest absolute Gasteiger partial charge is 0.309 e. The van der Waals surface area contributed by atoms with E-state index in [1.165, 1.54) is 12.1 Å².